The van der Waals surface area contributed by atoms with Gasteiger partial charge < -0.3 is 4.57 Å². The molecule has 0 spiro atoms. The molecular weight excluding hydrogens is 320 g/mol. The lowest BCUT2D eigenvalue weighted by Gasteiger charge is -2.04. The monoisotopic (exact) mass is 334 g/mol. The van der Waals surface area contributed by atoms with Crippen LogP contribution in [0.2, 0.25) is 0 Å². The first-order chi connectivity index (χ1) is 11.7. The number of amides is 1. The van der Waals surface area contributed by atoms with E-state index in [2.05, 4.69) is 15.3 Å². The summed E-state index contributed by atoms with van der Waals surface area (Å²) in [5.74, 6) is -0.163. The number of thiazole rings is 1. The molecule has 0 aliphatic heterocycles. The molecule has 1 amide bonds. The van der Waals surface area contributed by atoms with Gasteiger partial charge in [-0.2, -0.15) is 0 Å². The van der Waals surface area contributed by atoms with Gasteiger partial charge in [0.05, 0.1) is 16.5 Å². The van der Waals surface area contributed by atoms with E-state index in [1.165, 1.54) is 11.3 Å². The summed E-state index contributed by atoms with van der Waals surface area (Å²) in [5, 5.41) is 3.49. The minimum absolute atomic E-state index is 0.163. The van der Waals surface area contributed by atoms with Crippen LogP contribution < -0.4 is 5.32 Å². The number of anilines is 1. The standard InChI is InChI=1S/C18H14N4OS/c1-12-3-2-4-15-16(12)20-18(24-15)21-17(23)13-5-7-14(8-6-13)22-10-9-19-11-22/h2-11H,1H3,(H,20,21,23). The average molecular weight is 334 g/mol. The second kappa shape index (κ2) is 5.90. The zero-order chi connectivity index (χ0) is 16.5. The summed E-state index contributed by atoms with van der Waals surface area (Å²) in [4.78, 5) is 20.9. The van der Waals surface area contributed by atoms with Crippen LogP contribution in [0.1, 0.15) is 15.9 Å². The molecule has 4 rings (SSSR count). The number of hydrogen-bond donors (Lipinski definition) is 1. The van der Waals surface area contributed by atoms with E-state index in [9.17, 15) is 4.79 Å². The van der Waals surface area contributed by atoms with Crippen molar-refractivity contribution in [3.63, 3.8) is 0 Å². The quantitative estimate of drug-likeness (QED) is 0.615. The van der Waals surface area contributed by atoms with Gasteiger partial charge in [0.25, 0.3) is 5.91 Å². The highest BCUT2D eigenvalue weighted by Crippen LogP contribution is 2.28. The molecule has 118 valence electrons. The number of nitrogens with one attached hydrogen (secondary N) is 1. The second-order valence-corrected chi connectivity index (χ2v) is 6.44. The number of para-hydroxylation sites is 1. The summed E-state index contributed by atoms with van der Waals surface area (Å²) < 4.78 is 2.96. The van der Waals surface area contributed by atoms with E-state index in [4.69, 9.17) is 0 Å². The van der Waals surface area contributed by atoms with Gasteiger partial charge in [0.15, 0.2) is 5.13 Å². The Morgan fingerprint density at radius 3 is 2.71 bits per heavy atom. The fraction of sp³-hybridized carbons (Fsp3) is 0.0556. The van der Waals surface area contributed by atoms with Crippen molar-refractivity contribution in [2.45, 2.75) is 6.92 Å². The molecule has 0 aliphatic carbocycles. The molecule has 0 aliphatic rings. The van der Waals surface area contributed by atoms with E-state index in [1.54, 1.807) is 24.7 Å². The molecule has 4 aromatic rings. The van der Waals surface area contributed by atoms with Crippen molar-refractivity contribution in [1.82, 2.24) is 14.5 Å². The van der Waals surface area contributed by atoms with Crippen molar-refractivity contribution in [2.75, 3.05) is 5.32 Å². The number of nitrogens with zero attached hydrogens (tertiary/aromatic N) is 3. The summed E-state index contributed by atoms with van der Waals surface area (Å²) in [7, 11) is 0. The number of imidazole rings is 1. The van der Waals surface area contributed by atoms with Crippen molar-refractivity contribution in [1.29, 1.82) is 0 Å². The van der Waals surface area contributed by atoms with Crippen molar-refractivity contribution in [3.8, 4) is 5.69 Å². The van der Waals surface area contributed by atoms with E-state index in [1.807, 2.05) is 48.0 Å². The number of aryl methyl sites for hydroxylation is 1. The molecule has 2 heterocycles. The van der Waals surface area contributed by atoms with Crippen LogP contribution in [0.5, 0.6) is 0 Å². The highest BCUT2D eigenvalue weighted by atomic mass is 32.1. The topological polar surface area (TPSA) is 59.8 Å². The van der Waals surface area contributed by atoms with Crippen LogP contribution >= 0.6 is 11.3 Å². The molecule has 0 fully saturated rings. The van der Waals surface area contributed by atoms with Crippen LogP contribution in [0.4, 0.5) is 5.13 Å². The first kappa shape index (κ1) is 14.6. The first-order valence-corrected chi connectivity index (χ1v) is 8.28. The Hall–Kier alpha value is -2.99. The normalized spacial score (nSPS) is 10.9. The Labute approximate surface area is 142 Å². The summed E-state index contributed by atoms with van der Waals surface area (Å²) in [6.45, 7) is 2.02. The van der Waals surface area contributed by atoms with Crippen molar-refractivity contribution in [3.05, 3.63) is 72.3 Å². The number of carbonyl (C=O) groups excluding carboxylic acids is 1. The summed E-state index contributed by atoms with van der Waals surface area (Å²) in [6, 6.07) is 13.4. The third-order valence-electron chi connectivity index (χ3n) is 3.77. The summed E-state index contributed by atoms with van der Waals surface area (Å²) in [5.41, 5.74) is 3.59. The Morgan fingerprint density at radius 2 is 2.00 bits per heavy atom. The molecule has 2 aromatic heterocycles. The van der Waals surface area contributed by atoms with Crippen LogP contribution in [0.15, 0.2) is 61.2 Å². The first-order valence-electron chi connectivity index (χ1n) is 7.46. The minimum Gasteiger partial charge on any atom is -0.306 e. The van der Waals surface area contributed by atoms with Crippen LogP contribution in [0.3, 0.4) is 0 Å². The molecule has 6 heteroatoms. The molecule has 5 nitrogen and oxygen atoms in total. The van der Waals surface area contributed by atoms with Crippen LogP contribution in [-0.2, 0) is 0 Å². The number of benzene rings is 2. The van der Waals surface area contributed by atoms with Crippen LogP contribution in [-0.4, -0.2) is 20.4 Å². The van der Waals surface area contributed by atoms with E-state index in [0.29, 0.717) is 10.7 Å². The number of fused-ring (bicyclic) bond motifs is 1. The molecular formula is C18H14N4OS. The lowest BCUT2D eigenvalue weighted by molar-refractivity contribution is 0.102. The molecule has 24 heavy (non-hydrogen) atoms. The Bertz CT molecular complexity index is 1000. The van der Waals surface area contributed by atoms with E-state index < -0.39 is 0 Å². The lowest BCUT2D eigenvalue weighted by Crippen LogP contribution is -2.11. The fourth-order valence-electron chi connectivity index (χ4n) is 2.51. The number of carbonyl (C=O) groups is 1. The van der Waals surface area contributed by atoms with Gasteiger partial charge in [-0.05, 0) is 42.8 Å². The largest absolute Gasteiger partial charge is 0.306 e. The molecule has 1 N–H and O–H groups in total. The highest BCUT2D eigenvalue weighted by molar-refractivity contribution is 7.22. The van der Waals surface area contributed by atoms with Gasteiger partial charge >= 0.3 is 0 Å². The van der Waals surface area contributed by atoms with Gasteiger partial charge in [-0.3, -0.25) is 10.1 Å². The van der Waals surface area contributed by atoms with E-state index in [0.717, 1.165) is 21.5 Å². The molecule has 0 unspecified atom stereocenters. The molecule has 0 bridgehead atoms. The van der Waals surface area contributed by atoms with Crippen molar-refractivity contribution < 1.29 is 4.79 Å². The zero-order valence-corrected chi connectivity index (χ0v) is 13.7. The molecule has 0 atom stereocenters. The lowest BCUT2D eigenvalue weighted by atomic mass is 10.2. The van der Waals surface area contributed by atoms with Gasteiger partial charge in [0.2, 0.25) is 0 Å². The van der Waals surface area contributed by atoms with Crippen molar-refractivity contribution >= 4 is 32.6 Å². The van der Waals surface area contributed by atoms with Gasteiger partial charge in [-0.15, -0.1) is 0 Å². The maximum absolute atomic E-state index is 12.4. The van der Waals surface area contributed by atoms with E-state index in [-0.39, 0.29) is 5.91 Å². The zero-order valence-electron chi connectivity index (χ0n) is 12.9. The SMILES string of the molecule is Cc1cccc2sc(NC(=O)c3ccc(-n4ccnc4)cc3)nc12. The summed E-state index contributed by atoms with van der Waals surface area (Å²) >= 11 is 1.48. The predicted molar refractivity (Wildman–Crippen MR) is 95.9 cm³/mol. The molecule has 0 saturated heterocycles. The van der Waals surface area contributed by atoms with Gasteiger partial charge in [0.1, 0.15) is 0 Å². The third-order valence-corrected chi connectivity index (χ3v) is 4.71. The number of aromatic nitrogens is 3. The average Bonchev–Trinajstić information content (AvgIpc) is 3.25. The Kier molecular flexibility index (Phi) is 3.59. The molecule has 0 saturated carbocycles. The summed E-state index contributed by atoms with van der Waals surface area (Å²) in [6.07, 6.45) is 5.30. The maximum Gasteiger partial charge on any atom is 0.257 e. The van der Waals surface area contributed by atoms with Crippen LogP contribution in [0, 0.1) is 6.92 Å². The molecule has 0 radical (unpaired) electrons. The van der Waals surface area contributed by atoms with Crippen LogP contribution in [0.25, 0.3) is 15.9 Å². The minimum atomic E-state index is -0.163. The predicted octanol–water partition coefficient (Wildman–Crippen LogP) is 4.04. The Morgan fingerprint density at radius 1 is 1.17 bits per heavy atom. The second-order valence-electron chi connectivity index (χ2n) is 5.41. The number of hydrogen-bond acceptors (Lipinski definition) is 4. The van der Waals surface area contributed by atoms with Gasteiger partial charge in [-0.25, -0.2) is 9.97 Å². The fourth-order valence-corrected chi connectivity index (χ4v) is 3.44. The van der Waals surface area contributed by atoms with Crippen molar-refractivity contribution in [2.24, 2.45) is 0 Å². The Balaban J connectivity index is 1.56. The van der Waals surface area contributed by atoms with E-state index >= 15 is 0 Å². The van der Waals surface area contributed by atoms with Gasteiger partial charge in [-0.1, -0.05) is 23.5 Å². The maximum atomic E-state index is 12.4. The third kappa shape index (κ3) is 2.68. The molecule has 2 aromatic carbocycles. The highest BCUT2D eigenvalue weighted by Gasteiger charge is 2.11. The van der Waals surface area contributed by atoms with Gasteiger partial charge in [0, 0.05) is 23.6 Å². The number of rotatable bonds is 3. The smallest absolute Gasteiger partial charge is 0.257 e.